The maximum Gasteiger partial charge on any atom is 0.248 e. The van der Waals surface area contributed by atoms with Crippen molar-refractivity contribution >= 4 is 28.9 Å². The van der Waals surface area contributed by atoms with Gasteiger partial charge < -0.3 is 9.73 Å². The van der Waals surface area contributed by atoms with Crippen LogP contribution in [0.4, 0.5) is 5.69 Å². The molecular weight excluding hydrogens is 321 g/mol. The molecule has 0 saturated carbocycles. The molecule has 0 amide bonds. The Morgan fingerprint density at radius 1 is 1.00 bits per heavy atom. The van der Waals surface area contributed by atoms with Crippen molar-refractivity contribution in [3.8, 4) is 11.5 Å². The summed E-state index contributed by atoms with van der Waals surface area (Å²) in [6.07, 6.45) is 0. The highest BCUT2D eigenvalue weighted by Crippen LogP contribution is 2.30. The van der Waals surface area contributed by atoms with Gasteiger partial charge in [-0.05, 0) is 30.7 Å². The SMILES string of the molecule is Cc1ccccc1-c1nnc(CNc2c(Cl)cccc2Cl)o1. The number of para-hydroxylation sites is 1. The molecular formula is C16H13Cl2N3O. The molecule has 1 heterocycles. The monoisotopic (exact) mass is 333 g/mol. The van der Waals surface area contributed by atoms with Gasteiger partial charge in [-0.2, -0.15) is 0 Å². The zero-order valence-corrected chi connectivity index (χ0v) is 13.3. The Morgan fingerprint density at radius 2 is 1.73 bits per heavy atom. The normalized spacial score (nSPS) is 10.7. The van der Waals surface area contributed by atoms with Crippen molar-refractivity contribution in [2.24, 2.45) is 0 Å². The molecule has 0 atom stereocenters. The fourth-order valence-corrected chi connectivity index (χ4v) is 2.61. The van der Waals surface area contributed by atoms with Crippen LogP contribution in [0.5, 0.6) is 0 Å². The summed E-state index contributed by atoms with van der Waals surface area (Å²) in [5.41, 5.74) is 2.67. The molecule has 4 nitrogen and oxygen atoms in total. The van der Waals surface area contributed by atoms with Gasteiger partial charge in [-0.3, -0.25) is 0 Å². The topological polar surface area (TPSA) is 51.0 Å². The van der Waals surface area contributed by atoms with Crippen molar-refractivity contribution < 1.29 is 4.42 Å². The van der Waals surface area contributed by atoms with E-state index < -0.39 is 0 Å². The molecule has 3 rings (SSSR count). The number of benzene rings is 2. The highest BCUT2D eigenvalue weighted by atomic mass is 35.5. The molecule has 0 aliphatic rings. The second kappa shape index (κ2) is 6.38. The van der Waals surface area contributed by atoms with E-state index in [1.54, 1.807) is 18.2 Å². The predicted octanol–water partition coefficient (Wildman–Crippen LogP) is 4.96. The van der Waals surface area contributed by atoms with Gasteiger partial charge in [0, 0.05) is 5.56 Å². The van der Waals surface area contributed by atoms with Crippen molar-refractivity contribution in [1.82, 2.24) is 10.2 Å². The van der Waals surface area contributed by atoms with E-state index in [1.807, 2.05) is 31.2 Å². The van der Waals surface area contributed by atoms with Crippen LogP contribution in [0.25, 0.3) is 11.5 Å². The lowest BCUT2D eigenvalue weighted by Gasteiger charge is -2.07. The third kappa shape index (κ3) is 3.08. The number of aryl methyl sites for hydroxylation is 1. The summed E-state index contributed by atoms with van der Waals surface area (Å²) in [5, 5.41) is 12.3. The number of hydrogen-bond donors (Lipinski definition) is 1. The molecule has 2 aromatic carbocycles. The van der Waals surface area contributed by atoms with Gasteiger partial charge in [-0.1, -0.05) is 47.5 Å². The van der Waals surface area contributed by atoms with Gasteiger partial charge in [0.25, 0.3) is 0 Å². The van der Waals surface area contributed by atoms with Crippen LogP contribution in [0, 0.1) is 6.92 Å². The van der Waals surface area contributed by atoms with Crippen LogP contribution >= 0.6 is 23.2 Å². The Morgan fingerprint density at radius 3 is 2.45 bits per heavy atom. The standard InChI is InChI=1S/C16H13Cl2N3O/c1-10-5-2-3-6-11(10)16-21-20-14(22-16)9-19-15-12(17)7-4-8-13(15)18/h2-8,19H,9H2,1H3. The quantitative estimate of drug-likeness (QED) is 0.732. The van der Waals surface area contributed by atoms with E-state index in [-0.39, 0.29) is 0 Å². The first-order valence-corrected chi connectivity index (χ1v) is 7.47. The van der Waals surface area contributed by atoms with Crippen LogP contribution in [0.2, 0.25) is 10.0 Å². The number of nitrogens with one attached hydrogen (secondary N) is 1. The van der Waals surface area contributed by atoms with E-state index in [0.717, 1.165) is 11.1 Å². The van der Waals surface area contributed by atoms with Crippen LogP contribution in [-0.4, -0.2) is 10.2 Å². The molecule has 1 aromatic heterocycles. The summed E-state index contributed by atoms with van der Waals surface area (Å²) in [7, 11) is 0. The minimum atomic E-state index is 0.350. The van der Waals surface area contributed by atoms with Crippen LogP contribution in [0.1, 0.15) is 11.5 Å². The lowest BCUT2D eigenvalue weighted by molar-refractivity contribution is 0.515. The van der Waals surface area contributed by atoms with Crippen molar-refractivity contribution in [3.63, 3.8) is 0 Å². The fraction of sp³-hybridized carbons (Fsp3) is 0.125. The van der Waals surface area contributed by atoms with Gasteiger partial charge in [-0.15, -0.1) is 10.2 Å². The predicted molar refractivity (Wildman–Crippen MR) is 88.3 cm³/mol. The Kier molecular flexibility index (Phi) is 4.32. The minimum Gasteiger partial charge on any atom is -0.419 e. The summed E-state index contributed by atoms with van der Waals surface area (Å²) in [6, 6.07) is 13.2. The van der Waals surface area contributed by atoms with Crippen LogP contribution < -0.4 is 5.32 Å². The lowest BCUT2D eigenvalue weighted by atomic mass is 10.1. The van der Waals surface area contributed by atoms with E-state index in [0.29, 0.717) is 34.1 Å². The third-order valence-corrected chi connectivity index (χ3v) is 3.85. The molecule has 0 saturated heterocycles. The Bertz CT molecular complexity index is 781. The molecule has 22 heavy (non-hydrogen) atoms. The highest BCUT2D eigenvalue weighted by molar-refractivity contribution is 6.39. The number of halogens is 2. The molecule has 0 fully saturated rings. The molecule has 0 spiro atoms. The molecule has 0 aliphatic carbocycles. The molecule has 3 aromatic rings. The van der Waals surface area contributed by atoms with Crippen molar-refractivity contribution in [2.45, 2.75) is 13.5 Å². The van der Waals surface area contributed by atoms with Gasteiger partial charge >= 0.3 is 0 Å². The summed E-state index contributed by atoms with van der Waals surface area (Å²) >= 11 is 12.2. The molecule has 112 valence electrons. The number of hydrogen-bond acceptors (Lipinski definition) is 4. The summed E-state index contributed by atoms with van der Waals surface area (Å²) in [6.45, 7) is 2.35. The van der Waals surface area contributed by atoms with Crippen LogP contribution in [-0.2, 0) is 6.54 Å². The zero-order chi connectivity index (χ0) is 15.5. The van der Waals surface area contributed by atoms with Gasteiger partial charge in [0.15, 0.2) is 0 Å². The Hall–Kier alpha value is -2.04. The smallest absolute Gasteiger partial charge is 0.248 e. The van der Waals surface area contributed by atoms with Crippen molar-refractivity contribution in [1.29, 1.82) is 0 Å². The number of aromatic nitrogens is 2. The Balaban J connectivity index is 1.77. The molecule has 6 heteroatoms. The number of anilines is 1. The molecule has 0 unspecified atom stereocenters. The zero-order valence-electron chi connectivity index (χ0n) is 11.8. The van der Waals surface area contributed by atoms with Crippen LogP contribution in [0.15, 0.2) is 46.9 Å². The van der Waals surface area contributed by atoms with Crippen molar-refractivity contribution in [3.05, 3.63) is 64.0 Å². The third-order valence-electron chi connectivity index (χ3n) is 3.22. The first kappa shape index (κ1) is 14.9. The van der Waals surface area contributed by atoms with E-state index >= 15 is 0 Å². The largest absolute Gasteiger partial charge is 0.419 e. The fourth-order valence-electron chi connectivity index (χ4n) is 2.08. The average molecular weight is 334 g/mol. The molecule has 0 radical (unpaired) electrons. The van der Waals surface area contributed by atoms with E-state index in [2.05, 4.69) is 15.5 Å². The molecule has 1 N–H and O–H groups in total. The van der Waals surface area contributed by atoms with E-state index in [1.165, 1.54) is 0 Å². The summed E-state index contributed by atoms with van der Waals surface area (Å²) < 4.78 is 5.68. The highest BCUT2D eigenvalue weighted by Gasteiger charge is 2.11. The minimum absolute atomic E-state index is 0.350. The van der Waals surface area contributed by atoms with E-state index in [9.17, 15) is 0 Å². The summed E-state index contributed by atoms with van der Waals surface area (Å²) in [5.74, 6) is 0.967. The summed E-state index contributed by atoms with van der Waals surface area (Å²) in [4.78, 5) is 0. The van der Waals surface area contributed by atoms with Crippen LogP contribution in [0.3, 0.4) is 0 Å². The average Bonchev–Trinajstić information content (AvgIpc) is 2.96. The second-order valence-corrected chi connectivity index (χ2v) is 5.58. The van der Waals surface area contributed by atoms with Gasteiger partial charge in [0.2, 0.25) is 11.8 Å². The lowest BCUT2D eigenvalue weighted by Crippen LogP contribution is -2.00. The van der Waals surface area contributed by atoms with Gasteiger partial charge in [0.1, 0.15) is 0 Å². The molecule has 0 aliphatic heterocycles. The first-order valence-electron chi connectivity index (χ1n) is 6.71. The van der Waals surface area contributed by atoms with Gasteiger partial charge in [0.05, 0.1) is 22.3 Å². The van der Waals surface area contributed by atoms with E-state index in [4.69, 9.17) is 27.6 Å². The number of nitrogens with zero attached hydrogens (tertiary/aromatic N) is 2. The first-order chi connectivity index (χ1) is 10.6. The van der Waals surface area contributed by atoms with Crippen molar-refractivity contribution in [2.75, 3.05) is 5.32 Å². The Labute approximate surface area is 138 Å². The maximum absolute atomic E-state index is 6.10. The second-order valence-electron chi connectivity index (χ2n) is 4.77. The van der Waals surface area contributed by atoms with Gasteiger partial charge in [-0.25, -0.2) is 0 Å². The number of rotatable bonds is 4. The molecule has 0 bridgehead atoms. The maximum atomic E-state index is 6.10.